The fourth-order valence-corrected chi connectivity index (χ4v) is 1.27. The molecule has 1 rings (SSSR count). The summed E-state index contributed by atoms with van der Waals surface area (Å²) in [5.74, 6) is 1.07. The van der Waals surface area contributed by atoms with Crippen LogP contribution in [0, 0.1) is 0 Å². The zero-order chi connectivity index (χ0) is 8.97. The van der Waals surface area contributed by atoms with Crippen molar-refractivity contribution in [2.45, 2.75) is 19.8 Å². The van der Waals surface area contributed by atoms with Gasteiger partial charge in [0, 0.05) is 6.42 Å². The van der Waals surface area contributed by atoms with Crippen molar-refractivity contribution in [1.82, 2.24) is 0 Å². The highest BCUT2D eigenvalue weighted by molar-refractivity contribution is 7.81. The third kappa shape index (κ3) is 1.91. The number of ketones is 1. The Hall–Kier alpha value is -0.700. The van der Waals surface area contributed by atoms with E-state index in [0.717, 1.165) is 18.6 Å². The molecule has 0 aliphatic carbocycles. The lowest BCUT2D eigenvalue weighted by atomic mass is 10.1. The van der Waals surface area contributed by atoms with Gasteiger partial charge in [0.15, 0.2) is 5.78 Å². The summed E-state index contributed by atoms with van der Waals surface area (Å²) in [6, 6.07) is 1.71. The van der Waals surface area contributed by atoms with Crippen molar-refractivity contribution in [1.29, 1.82) is 0 Å². The lowest BCUT2D eigenvalue weighted by Gasteiger charge is -1.96. The van der Waals surface area contributed by atoms with E-state index < -0.39 is 0 Å². The number of hydrogen-bond acceptors (Lipinski definition) is 3. The average Bonchev–Trinajstić information content (AvgIpc) is 2.52. The summed E-state index contributed by atoms with van der Waals surface area (Å²) in [5.41, 5.74) is 0.687. The smallest absolute Gasteiger partial charge is 0.175 e. The first-order valence-corrected chi connectivity index (χ1v) is 4.63. The standard InChI is InChI=1S/C9H12O2S/c1-2-3-9-7(4-5-11-9)8(10)6-12/h4-5,12H,2-3,6H2,1H3. The summed E-state index contributed by atoms with van der Waals surface area (Å²) in [6.45, 7) is 2.05. The van der Waals surface area contributed by atoms with Gasteiger partial charge < -0.3 is 4.42 Å². The second-order valence-electron chi connectivity index (χ2n) is 2.59. The molecule has 0 aliphatic heterocycles. The monoisotopic (exact) mass is 184 g/mol. The van der Waals surface area contributed by atoms with Crippen molar-refractivity contribution in [3.63, 3.8) is 0 Å². The van der Waals surface area contributed by atoms with Crippen molar-refractivity contribution in [3.05, 3.63) is 23.7 Å². The van der Waals surface area contributed by atoms with Crippen molar-refractivity contribution >= 4 is 18.4 Å². The van der Waals surface area contributed by atoms with Gasteiger partial charge >= 0.3 is 0 Å². The average molecular weight is 184 g/mol. The number of rotatable bonds is 4. The summed E-state index contributed by atoms with van der Waals surface area (Å²) in [7, 11) is 0. The van der Waals surface area contributed by atoms with Crippen LogP contribution >= 0.6 is 12.6 Å². The van der Waals surface area contributed by atoms with Crippen LogP contribution in [0.5, 0.6) is 0 Å². The van der Waals surface area contributed by atoms with Crippen LogP contribution < -0.4 is 0 Å². The number of Topliss-reactive ketones (excluding diaryl/α,β-unsaturated/α-hetero) is 1. The van der Waals surface area contributed by atoms with E-state index in [2.05, 4.69) is 19.6 Å². The summed E-state index contributed by atoms with van der Waals surface area (Å²) in [5, 5.41) is 0. The lowest BCUT2D eigenvalue weighted by molar-refractivity contribution is 0.102. The van der Waals surface area contributed by atoms with Crippen LogP contribution in [0.3, 0.4) is 0 Å². The highest BCUT2D eigenvalue weighted by atomic mass is 32.1. The molecule has 0 aliphatic rings. The maximum atomic E-state index is 11.2. The molecule has 0 atom stereocenters. The van der Waals surface area contributed by atoms with E-state index in [1.54, 1.807) is 12.3 Å². The van der Waals surface area contributed by atoms with Gasteiger partial charge in [-0.3, -0.25) is 4.79 Å². The van der Waals surface area contributed by atoms with Gasteiger partial charge in [0.05, 0.1) is 17.6 Å². The van der Waals surface area contributed by atoms with Crippen LogP contribution in [0.4, 0.5) is 0 Å². The van der Waals surface area contributed by atoms with Crippen LogP contribution in [0.25, 0.3) is 0 Å². The molecule has 0 aromatic carbocycles. The molecular weight excluding hydrogens is 172 g/mol. The summed E-state index contributed by atoms with van der Waals surface area (Å²) < 4.78 is 5.17. The number of carbonyl (C=O) groups is 1. The molecule has 12 heavy (non-hydrogen) atoms. The Morgan fingerprint density at radius 1 is 1.67 bits per heavy atom. The van der Waals surface area contributed by atoms with Crippen LogP contribution in [-0.2, 0) is 6.42 Å². The van der Waals surface area contributed by atoms with Gasteiger partial charge in [-0.2, -0.15) is 12.6 Å². The van der Waals surface area contributed by atoms with Crippen molar-refractivity contribution in [2.75, 3.05) is 5.75 Å². The Labute approximate surface area is 77.4 Å². The van der Waals surface area contributed by atoms with Crippen LogP contribution in [0.15, 0.2) is 16.7 Å². The minimum Gasteiger partial charge on any atom is -0.469 e. The maximum Gasteiger partial charge on any atom is 0.175 e. The van der Waals surface area contributed by atoms with E-state index in [-0.39, 0.29) is 11.5 Å². The highest BCUT2D eigenvalue weighted by Crippen LogP contribution is 2.13. The van der Waals surface area contributed by atoms with Gasteiger partial charge in [-0.1, -0.05) is 6.92 Å². The second kappa shape index (κ2) is 4.36. The molecule has 66 valence electrons. The van der Waals surface area contributed by atoms with Crippen molar-refractivity contribution in [3.8, 4) is 0 Å². The molecule has 1 heterocycles. The molecule has 2 nitrogen and oxygen atoms in total. The van der Waals surface area contributed by atoms with E-state index in [1.807, 2.05) is 0 Å². The molecule has 0 fully saturated rings. The second-order valence-corrected chi connectivity index (χ2v) is 2.90. The summed E-state index contributed by atoms with van der Waals surface area (Å²) in [4.78, 5) is 11.2. The van der Waals surface area contributed by atoms with Crippen molar-refractivity contribution < 1.29 is 9.21 Å². The molecule has 0 N–H and O–H groups in total. The van der Waals surface area contributed by atoms with E-state index >= 15 is 0 Å². The molecule has 0 spiro atoms. The highest BCUT2D eigenvalue weighted by Gasteiger charge is 2.11. The summed E-state index contributed by atoms with van der Waals surface area (Å²) >= 11 is 3.93. The van der Waals surface area contributed by atoms with Crippen LogP contribution in [0.1, 0.15) is 29.5 Å². The predicted molar refractivity (Wildman–Crippen MR) is 50.9 cm³/mol. The van der Waals surface area contributed by atoms with Crippen LogP contribution in [0.2, 0.25) is 0 Å². The zero-order valence-electron chi connectivity index (χ0n) is 7.04. The first-order chi connectivity index (χ1) is 5.79. The quantitative estimate of drug-likeness (QED) is 0.575. The topological polar surface area (TPSA) is 30.2 Å². The Morgan fingerprint density at radius 3 is 3.00 bits per heavy atom. The molecule has 0 radical (unpaired) electrons. The third-order valence-electron chi connectivity index (χ3n) is 1.67. The fraction of sp³-hybridized carbons (Fsp3) is 0.444. The normalized spacial score (nSPS) is 10.2. The third-order valence-corrected chi connectivity index (χ3v) is 1.95. The van der Waals surface area contributed by atoms with Gasteiger partial charge in [0.2, 0.25) is 0 Å². The van der Waals surface area contributed by atoms with E-state index in [1.165, 1.54) is 0 Å². The van der Waals surface area contributed by atoms with Gasteiger partial charge in [0.25, 0.3) is 0 Å². The molecule has 0 saturated carbocycles. The molecule has 1 aromatic heterocycles. The Balaban J connectivity index is 2.83. The van der Waals surface area contributed by atoms with Crippen molar-refractivity contribution in [2.24, 2.45) is 0 Å². The van der Waals surface area contributed by atoms with E-state index in [0.29, 0.717) is 5.56 Å². The number of carbonyl (C=O) groups excluding carboxylic acids is 1. The zero-order valence-corrected chi connectivity index (χ0v) is 7.93. The first-order valence-electron chi connectivity index (χ1n) is 4.00. The van der Waals surface area contributed by atoms with Crippen LogP contribution in [-0.4, -0.2) is 11.5 Å². The van der Waals surface area contributed by atoms with Gasteiger partial charge in [-0.05, 0) is 12.5 Å². The maximum absolute atomic E-state index is 11.2. The molecule has 0 amide bonds. The Morgan fingerprint density at radius 2 is 2.42 bits per heavy atom. The van der Waals surface area contributed by atoms with Gasteiger partial charge in [0.1, 0.15) is 5.76 Å². The lowest BCUT2D eigenvalue weighted by Crippen LogP contribution is -2.01. The number of furan rings is 1. The molecule has 3 heteroatoms. The van der Waals surface area contributed by atoms with E-state index in [4.69, 9.17) is 4.42 Å². The van der Waals surface area contributed by atoms with E-state index in [9.17, 15) is 4.79 Å². The largest absolute Gasteiger partial charge is 0.469 e. The van der Waals surface area contributed by atoms with Gasteiger partial charge in [-0.15, -0.1) is 0 Å². The molecule has 1 aromatic rings. The number of hydrogen-bond donors (Lipinski definition) is 1. The fourth-order valence-electron chi connectivity index (χ4n) is 1.09. The predicted octanol–water partition coefficient (Wildman–Crippen LogP) is 2.34. The SMILES string of the molecule is CCCc1occc1C(=O)CS. The molecule has 0 saturated heterocycles. The molecule has 0 unspecified atom stereocenters. The number of aryl methyl sites for hydroxylation is 1. The number of thiol groups is 1. The minimum absolute atomic E-state index is 0.0375. The molecular formula is C9H12O2S. The molecule has 0 bridgehead atoms. The minimum atomic E-state index is 0.0375. The Bertz CT molecular complexity index is 265. The van der Waals surface area contributed by atoms with Gasteiger partial charge in [-0.25, -0.2) is 0 Å². The summed E-state index contributed by atoms with van der Waals surface area (Å²) in [6.07, 6.45) is 3.36. The first kappa shape index (κ1) is 9.39. The Kier molecular flexibility index (Phi) is 3.41.